The summed E-state index contributed by atoms with van der Waals surface area (Å²) >= 11 is 2.55. The molecule has 3 rings (SSSR count). The van der Waals surface area contributed by atoms with Crippen LogP contribution in [-0.4, -0.2) is 50.9 Å². The summed E-state index contributed by atoms with van der Waals surface area (Å²) in [5.41, 5.74) is 0.617. The van der Waals surface area contributed by atoms with Crippen molar-refractivity contribution < 1.29 is 19.4 Å². The van der Waals surface area contributed by atoms with Crippen LogP contribution >= 0.6 is 23.1 Å². The quantitative estimate of drug-likeness (QED) is 0.782. The summed E-state index contributed by atoms with van der Waals surface area (Å²) in [4.78, 5) is 29.5. The largest absolute Gasteiger partial charge is 0.481 e. The maximum absolute atomic E-state index is 12.5. The highest BCUT2D eigenvalue weighted by Crippen LogP contribution is 2.35. The monoisotopic (exact) mass is 390 g/mol. The minimum atomic E-state index is -1.07. The second-order valence-corrected chi connectivity index (χ2v) is 7.36. The summed E-state index contributed by atoms with van der Waals surface area (Å²) in [6.45, 7) is 1.38. The number of benzene rings is 1. The van der Waals surface area contributed by atoms with Gasteiger partial charge in [-0.2, -0.15) is 4.99 Å². The number of carbonyl (C=O) groups is 2. The van der Waals surface area contributed by atoms with Gasteiger partial charge < -0.3 is 9.84 Å². The summed E-state index contributed by atoms with van der Waals surface area (Å²) < 4.78 is 5.27. The van der Waals surface area contributed by atoms with Crippen molar-refractivity contribution >= 4 is 51.4 Å². The molecule has 1 amide bonds. The number of aryl methyl sites for hydroxylation is 1. The van der Waals surface area contributed by atoms with Gasteiger partial charge in [0.15, 0.2) is 11.8 Å². The summed E-state index contributed by atoms with van der Waals surface area (Å²) in [6.07, 6.45) is 1.66. The summed E-state index contributed by atoms with van der Waals surface area (Å²) in [5.74, 6) is -0.883. The molecule has 0 bridgehead atoms. The molecule has 1 aliphatic heterocycles. The Balaban J connectivity index is 1.87. The molecule has 1 aromatic carbocycles. The number of rotatable bonds is 5. The lowest BCUT2D eigenvalue weighted by Crippen LogP contribution is -2.23. The third-order valence-corrected chi connectivity index (χ3v) is 5.06. The zero-order valence-corrected chi connectivity index (χ0v) is 15.5. The molecular weight excluding hydrogens is 376 g/mol. The zero-order chi connectivity index (χ0) is 18.7. The highest BCUT2D eigenvalue weighted by Gasteiger charge is 2.31. The molecule has 1 N–H and O–H groups in total. The van der Waals surface area contributed by atoms with Crippen LogP contribution in [0.5, 0.6) is 5.75 Å². The summed E-state index contributed by atoms with van der Waals surface area (Å²) in [7, 11) is 1.63. The maximum Gasteiger partial charge on any atom is 0.341 e. The van der Waals surface area contributed by atoms with Gasteiger partial charge >= 0.3 is 5.97 Å². The molecule has 0 unspecified atom stereocenters. The van der Waals surface area contributed by atoms with Crippen molar-refractivity contribution in [2.24, 2.45) is 4.99 Å². The molecular formula is C16H14N4O4S2. The van der Waals surface area contributed by atoms with Crippen LogP contribution in [0.1, 0.15) is 10.6 Å². The van der Waals surface area contributed by atoms with E-state index in [-0.39, 0.29) is 5.91 Å². The highest BCUT2D eigenvalue weighted by molar-refractivity contribution is 8.18. The maximum atomic E-state index is 12.5. The number of carbonyl (C=O) groups excluding carboxylic acids is 1. The number of hydrogen-bond donors (Lipinski definition) is 1. The van der Waals surface area contributed by atoms with Gasteiger partial charge in [0, 0.05) is 12.6 Å². The number of aromatic nitrogens is 2. The van der Waals surface area contributed by atoms with E-state index < -0.39 is 12.6 Å². The molecule has 1 aromatic heterocycles. The molecule has 1 fully saturated rings. The molecule has 0 saturated carbocycles. The minimum absolute atomic E-state index is 0.206. The molecule has 0 radical (unpaired) electrons. The zero-order valence-electron chi connectivity index (χ0n) is 13.9. The highest BCUT2D eigenvalue weighted by atomic mass is 32.2. The lowest BCUT2D eigenvalue weighted by Gasteiger charge is -2.07. The Morgan fingerprint density at radius 2 is 2.15 bits per heavy atom. The van der Waals surface area contributed by atoms with Crippen molar-refractivity contribution in [2.45, 2.75) is 6.92 Å². The molecule has 0 atom stereocenters. The first-order valence-electron chi connectivity index (χ1n) is 7.44. The van der Waals surface area contributed by atoms with Crippen molar-refractivity contribution in [1.82, 2.24) is 15.1 Å². The first-order valence-corrected chi connectivity index (χ1v) is 9.07. The molecule has 10 heteroatoms. The van der Waals surface area contributed by atoms with Gasteiger partial charge in [0.2, 0.25) is 5.13 Å². The SMILES string of the molecule is Cc1nnc(/N=C2/S/C(=C/c3ccccc3OCC(=O)O)C(=O)N2C)s1. The molecule has 1 aliphatic rings. The Bertz CT molecular complexity index is 922. The van der Waals surface area contributed by atoms with Gasteiger partial charge in [0.1, 0.15) is 10.8 Å². The van der Waals surface area contributed by atoms with Crippen molar-refractivity contribution in [1.29, 1.82) is 0 Å². The Kier molecular flexibility index (Phi) is 5.33. The number of nitrogens with zero attached hydrogens (tertiary/aromatic N) is 4. The number of carboxylic acids is 1. The third-order valence-electron chi connectivity index (χ3n) is 3.27. The molecule has 26 heavy (non-hydrogen) atoms. The first-order chi connectivity index (χ1) is 12.4. The number of thioether (sulfide) groups is 1. The van der Waals surface area contributed by atoms with Crippen LogP contribution in [0.25, 0.3) is 6.08 Å². The molecule has 0 aliphatic carbocycles. The van der Waals surface area contributed by atoms with E-state index in [4.69, 9.17) is 9.84 Å². The number of aliphatic imine (C=N–C) groups is 1. The fourth-order valence-corrected chi connectivity index (χ4v) is 3.65. The topological polar surface area (TPSA) is 105 Å². The number of para-hydroxylation sites is 1. The number of likely N-dealkylation sites (N-methyl/N-ethyl adjacent to an activating group) is 1. The van der Waals surface area contributed by atoms with Crippen molar-refractivity contribution in [3.05, 3.63) is 39.7 Å². The summed E-state index contributed by atoms with van der Waals surface area (Å²) in [6, 6.07) is 6.93. The average molecular weight is 390 g/mol. The van der Waals surface area contributed by atoms with Gasteiger partial charge in [-0.05, 0) is 30.8 Å². The predicted octanol–water partition coefficient (Wildman–Crippen LogP) is 2.54. The van der Waals surface area contributed by atoms with E-state index in [9.17, 15) is 9.59 Å². The Morgan fingerprint density at radius 3 is 2.85 bits per heavy atom. The van der Waals surface area contributed by atoms with E-state index in [1.807, 2.05) is 6.92 Å². The van der Waals surface area contributed by atoms with E-state index in [1.165, 1.54) is 28.0 Å². The van der Waals surface area contributed by atoms with Crippen LogP contribution < -0.4 is 4.74 Å². The van der Waals surface area contributed by atoms with Crippen molar-refractivity contribution in [3.8, 4) is 5.75 Å². The van der Waals surface area contributed by atoms with Gasteiger partial charge in [0.25, 0.3) is 5.91 Å². The number of amides is 1. The van der Waals surface area contributed by atoms with Gasteiger partial charge in [-0.3, -0.25) is 9.69 Å². The second-order valence-electron chi connectivity index (χ2n) is 5.19. The number of aliphatic carboxylic acids is 1. The molecule has 2 heterocycles. The van der Waals surface area contributed by atoms with Gasteiger partial charge in [0.05, 0.1) is 4.91 Å². The van der Waals surface area contributed by atoms with E-state index in [2.05, 4.69) is 15.2 Å². The minimum Gasteiger partial charge on any atom is -0.481 e. The smallest absolute Gasteiger partial charge is 0.341 e. The normalized spacial score (nSPS) is 17.3. The first kappa shape index (κ1) is 18.1. The fraction of sp³-hybridized carbons (Fsp3) is 0.188. The Labute approximate surface area is 157 Å². The van der Waals surface area contributed by atoms with E-state index in [1.54, 1.807) is 37.4 Å². The summed E-state index contributed by atoms with van der Waals surface area (Å²) in [5, 5.41) is 18.4. The van der Waals surface area contributed by atoms with Crippen LogP contribution in [-0.2, 0) is 9.59 Å². The third kappa shape index (κ3) is 4.09. The molecule has 2 aromatic rings. The van der Waals surface area contributed by atoms with Crippen LogP contribution in [0.15, 0.2) is 34.2 Å². The fourth-order valence-electron chi connectivity index (χ4n) is 2.08. The van der Waals surface area contributed by atoms with E-state index in [0.29, 0.717) is 26.5 Å². The second kappa shape index (κ2) is 7.67. The Hall–Kier alpha value is -2.72. The van der Waals surface area contributed by atoms with Gasteiger partial charge in [-0.15, -0.1) is 10.2 Å². The average Bonchev–Trinajstić information content (AvgIpc) is 3.13. The Morgan fingerprint density at radius 1 is 1.38 bits per heavy atom. The van der Waals surface area contributed by atoms with Crippen molar-refractivity contribution in [2.75, 3.05) is 13.7 Å². The van der Waals surface area contributed by atoms with E-state index >= 15 is 0 Å². The number of amidine groups is 1. The van der Waals surface area contributed by atoms with Crippen LogP contribution in [0, 0.1) is 6.92 Å². The predicted molar refractivity (Wildman–Crippen MR) is 99.7 cm³/mol. The van der Waals surface area contributed by atoms with Crippen molar-refractivity contribution in [3.63, 3.8) is 0 Å². The molecule has 134 valence electrons. The number of carboxylic acid groups (broad SMARTS) is 1. The van der Waals surface area contributed by atoms with Gasteiger partial charge in [-0.25, -0.2) is 4.79 Å². The van der Waals surface area contributed by atoms with Gasteiger partial charge in [-0.1, -0.05) is 29.5 Å². The lowest BCUT2D eigenvalue weighted by molar-refractivity contribution is -0.139. The van der Waals surface area contributed by atoms with Crippen LogP contribution in [0.2, 0.25) is 0 Å². The molecule has 8 nitrogen and oxygen atoms in total. The van der Waals surface area contributed by atoms with Crippen LogP contribution in [0.4, 0.5) is 5.13 Å². The molecule has 0 spiro atoms. The molecule has 1 saturated heterocycles. The lowest BCUT2D eigenvalue weighted by atomic mass is 10.2. The standard InChI is InChI=1S/C16H14N4O4S2/c1-9-18-19-15(25-9)17-16-20(2)14(23)12(26-16)7-10-5-3-4-6-11(10)24-8-13(21)22/h3-7H,8H2,1-2H3,(H,21,22)/b12-7+,17-16+. The van der Waals surface area contributed by atoms with Crippen LogP contribution in [0.3, 0.4) is 0 Å². The number of hydrogen-bond acceptors (Lipinski definition) is 8. The number of ether oxygens (including phenoxy) is 1. The van der Waals surface area contributed by atoms with E-state index in [0.717, 1.165) is 5.01 Å².